The van der Waals surface area contributed by atoms with Gasteiger partial charge in [0, 0.05) is 30.8 Å². The lowest BCUT2D eigenvalue weighted by Crippen LogP contribution is -2.54. The van der Waals surface area contributed by atoms with Crippen LogP contribution in [0.25, 0.3) is 0 Å². The maximum Gasteiger partial charge on any atom is 0.410 e. The molecule has 1 rings (SSSR count). The molecule has 1 aliphatic rings. The number of likely N-dealkylation sites (tertiary alicyclic amines) is 1. The summed E-state index contributed by atoms with van der Waals surface area (Å²) < 4.78 is 5.28. The molecule has 1 unspecified atom stereocenters. The molecule has 1 aliphatic heterocycles. The van der Waals surface area contributed by atoms with Gasteiger partial charge in [-0.1, -0.05) is 20.8 Å². The van der Waals surface area contributed by atoms with Crippen molar-refractivity contribution in [1.82, 2.24) is 4.90 Å². The zero-order valence-corrected chi connectivity index (χ0v) is 12.3. The predicted octanol–water partition coefficient (Wildman–Crippen LogP) is 2.71. The fourth-order valence-corrected chi connectivity index (χ4v) is 2.06. The lowest BCUT2D eigenvalue weighted by atomic mass is 9.81. The first-order valence-electron chi connectivity index (χ1n) is 6.63. The van der Waals surface area contributed by atoms with Crippen LogP contribution in [0.3, 0.4) is 0 Å². The first-order chi connectivity index (χ1) is 8.11. The van der Waals surface area contributed by atoms with Crippen LogP contribution in [-0.2, 0) is 9.53 Å². The SMILES string of the molecule is CC(C)C(=O)C(C)C1CN(C(=O)OC(C)(C)C)C1. The van der Waals surface area contributed by atoms with Crippen molar-refractivity contribution in [3.63, 3.8) is 0 Å². The van der Waals surface area contributed by atoms with E-state index in [-0.39, 0.29) is 29.6 Å². The Morgan fingerprint density at radius 1 is 1.17 bits per heavy atom. The van der Waals surface area contributed by atoms with Crippen molar-refractivity contribution in [3.8, 4) is 0 Å². The number of rotatable bonds is 3. The lowest BCUT2D eigenvalue weighted by Gasteiger charge is -2.42. The molecule has 0 radical (unpaired) electrons. The molecule has 1 atom stereocenters. The standard InChI is InChI=1S/C14H25NO3/c1-9(2)12(16)10(3)11-7-15(8-11)13(17)18-14(4,5)6/h9-11H,7-8H2,1-6H3. The van der Waals surface area contributed by atoms with E-state index in [0.29, 0.717) is 13.1 Å². The van der Waals surface area contributed by atoms with E-state index in [1.165, 1.54) is 0 Å². The van der Waals surface area contributed by atoms with Crippen LogP contribution in [0, 0.1) is 17.8 Å². The first kappa shape index (κ1) is 15.0. The van der Waals surface area contributed by atoms with Gasteiger partial charge in [0.15, 0.2) is 0 Å². The summed E-state index contributed by atoms with van der Waals surface area (Å²) in [4.78, 5) is 25.2. The Kier molecular flexibility index (Phi) is 4.41. The van der Waals surface area contributed by atoms with Crippen LogP contribution in [0.2, 0.25) is 0 Å². The highest BCUT2D eigenvalue weighted by molar-refractivity contribution is 5.83. The Hall–Kier alpha value is -1.06. The average molecular weight is 255 g/mol. The second-order valence-corrected chi connectivity index (χ2v) is 6.49. The second kappa shape index (κ2) is 5.29. The summed E-state index contributed by atoms with van der Waals surface area (Å²) in [5.41, 5.74) is -0.457. The molecule has 4 heteroatoms. The Labute approximate surface area is 110 Å². The Bertz CT molecular complexity index is 324. The number of ether oxygens (including phenoxy) is 1. The van der Waals surface area contributed by atoms with Crippen molar-refractivity contribution >= 4 is 11.9 Å². The molecule has 104 valence electrons. The topological polar surface area (TPSA) is 46.6 Å². The number of carbonyl (C=O) groups excluding carboxylic acids is 2. The van der Waals surface area contributed by atoms with Crippen LogP contribution in [0.15, 0.2) is 0 Å². The van der Waals surface area contributed by atoms with Crippen LogP contribution < -0.4 is 0 Å². The van der Waals surface area contributed by atoms with E-state index in [1.807, 2.05) is 41.5 Å². The smallest absolute Gasteiger partial charge is 0.410 e. The van der Waals surface area contributed by atoms with Crippen LogP contribution in [0.1, 0.15) is 41.5 Å². The minimum Gasteiger partial charge on any atom is -0.444 e. The van der Waals surface area contributed by atoms with Gasteiger partial charge in [0.1, 0.15) is 11.4 Å². The van der Waals surface area contributed by atoms with Crippen molar-refractivity contribution in [2.24, 2.45) is 17.8 Å². The highest BCUT2D eigenvalue weighted by Crippen LogP contribution is 2.27. The van der Waals surface area contributed by atoms with Crippen LogP contribution in [-0.4, -0.2) is 35.5 Å². The summed E-state index contributed by atoms with van der Waals surface area (Å²) >= 11 is 0. The van der Waals surface area contributed by atoms with Crippen LogP contribution in [0.4, 0.5) is 4.79 Å². The predicted molar refractivity (Wildman–Crippen MR) is 70.3 cm³/mol. The van der Waals surface area contributed by atoms with Gasteiger partial charge in [-0.2, -0.15) is 0 Å². The summed E-state index contributed by atoms with van der Waals surface area (Å²) in [5.74, 6) is 0.663. The molecule has 0 spiro atoms. The van der Waals surface area contributed by atoms with Gasteiger partial charge in [-0.15, -0.1) is 0 Å². The van der Waals surface area contributed by atoms with E-state index in [4.69, 9.17) is 4.74 Å². The zero-order chi connectivity index (χ0) is 14.1. The van der Waals surface area contributed by atoms with Crippen LogP contribution >= 0.6 is 0 Å². The molecule has 0 aromatic rings. The Morgan fingerprint density at radius 3 is 2.06 bits per heavy atom. The van der Waals surface area contributed by atoms with E-state index >= 15 is 0 Å². The molecule has 0 N–H and O–H groups in total. The van der Waals surface area contributed by atoms with Crippen molar-refractivity contribution in [3.05, 3.63) is 0 Å². The largest absolute Gasteiger partial charge is 0.444 e. The third kappa shape index (κ3) is 3.72. The molecule has 0 bridgehead atoms. The minimum atomic E-state index is -0.457. The Morgan fingerprint density at radius 2 is 1.67 bits per heavy atom. The molecule has 1 saturated heterocycles. The maximum absolute atomic E-state index is 11.8. The van der Waals surface area contributed by atoms with Gasteiger partial charge >= 0.3 is 6.09 Å². The van der Waals surface area contributed by atoms with E-state index in [0.717, 1.165) is 0 Å². The third-order valence-corrected chi connectivity index (χ3v) is 3.29. The molecule has 0 saturated carbocycles. The van der Waals surface area contributed by atoms with Crippen LogP contribution in [0.5, 0.6) is 0 Å². The quantitative estimate of drug-likeness (QED) is 0.779. The van der Waals surface area contributed by atoms with E-state index in [9.17, 15) is 9.59 Å². The van der Waals surface area contributed by atoms with Crippen molar-refractivity contribution in [2.45, 2.75) is 47.1 Å². The molecular formula is C14H25NO3. The van der Waals surface area contributed by atoms with Gasteiger partial charge in [-0.3, -0.25) is 4.79 Å². The van der Waals surface area contributed by atoms with Gasteiger partial charge in [-0.05, 0) is 20.8 Å². The summed E-state index contributed by atoms with van der Waals surface area (Å²) in [6, 6.07) is 0. The summed E-state index contributed by atoms with van der Waals surface area (Å²) in [7, 11) is 0. The number of Topliss-reactive ketones (excluding diaryl/α,β-unsaturated/α-hetero) is 1. The molecule has 1 amide bonds. The highest BCUT2D eigenvalue weighted by atomic mass is 16.6. The second-order valence-electron chi connectivity index (χ2n) is 6.49. The average Bonchev–Trinajstić information content (AvgIpc) is 2.10. The summed E-state index contributed by atoms with van der Waals surface area (Å²) in [6.45, 7) is 12.6. The van der Waals surface area contributed by atoms with Gasteiger partial charge in [-0.25, -0.2) is 4.79 Å². The van der Waals surface area contributed by atoms with E-state index in [1.54, 1.807) is 4.90 Å². The molecule has 1 heterocycles. The maximum atomic E-state index is 11.8. The molecular weight excluding hydrogens is 230 g/mol. The number of carbonyl (C=O) groups is 2. The molecule has 0 aromatic heterocycles. The number of ketones is 1. The molecule has 1 fully saturated rings. The first-order valence-corrected chi connectivity index (χ1v) is 6.63. The highest BCUT2D eigenvalue weighted by Gasteiger charge is 2.39. The Balaban J connectivity index is 2.40. The summed E-state index contributed by atoms with van der Waals surface area (Å²) in [6.07, 6.45) is -0.275. The van der Waals surface area contributed by atoms with E-state index in [2.05, 4.69) is 0 Å². The van der Waals surface area contributed by atoms with Gasteiger partial charge < -0.3 is 9.64 Å². The fourth-order valence-electron chi connectivity index (χ4n) is 2.06. The number of hydrogen-bond donors (Lipinski definition) is 0. The van der Waals surface area contributed by atoms with Crippen molar-refractivity contribution in [2.75, 3.05) is 13.1 Å². The summed E-state index contributed by atoms with van der Waals surface area (Å²) in [5, 5.41) is 0. The fraction of sp³-hybridized carbons (Fsp3) is 0.857. The number of hydrogen-bond acceptors (Lipinski definition) is 3. The normalized spacial score (nSPS) is 18.5. The minimum absolute atomic E-state index is 0.0312. The van der Waals surface area contributed by atoms with E-state index < -0.39 is 5.60 Å². The number of amides is 1. The zero-order valence-electron chi connectivity index (χ0n) is 12.3. The molecule has 4 nitrogen and oxygen atoms in total. The van der Waals surface area contributed by atoms with Crippen molar-refractivity contribution in [1.29, 1.82) is 0 Å². The lowest BCUT2D eigenvalue weighted by molar-refractivity contribution is -0.129. The van der Waals surface area contributed by atoms with Gasteiger partial charge in [0.25, 0.3) is 0 Å². The molecule has 0 aliphatic carbocycles. The molecule has 18 heavy (non-hydrogen) atoms. The molecule has 0 aromatic carbocycles. The van der Waals surface area contributed by atoms with Crippen molar-refractivity contribution < 1.29 is 14.3 Å². The van der Waals surface area contributed by atoms with Gasteiger partial charge in [0.2, 0.25) is 0 Å². The number of nitrogens with zero attached hydrogens (tertiary/aromatic N) is 1. The van der Waals surface area contributed by atoms with Gasteiger partial charge in [0.05, 0.1) is 0 Å². The monoisotopic (exact) mass is 255 g/mol. The third-order valence-electron chi connectivity index (χ3n) is 3.29.